The molecule has 1 unspecified atom stereocenters. The molecule has 0 aromatic carbocycles. The van der Waals surface area contributed by atoms with Crippen molar-refractivity contribution in [3.05, 3.63) is 0 Å². The van der Waals surface area contributed by atoms with Crippen molar-refractivity contribution in [1.29, 1.82) is 0 Å². The van der Waals surface area contributed by atoms with Crippen LogP contribution in [-0.4, -0.2) is 62.0 Å². The van der Waals surface area contributed by atoms with Crippen molar-refractivity contribution < 1.29 is 4.79 Å². The first-order chi connectivity index (χ1) is 7.66. The van der Waals surface area contributed by atoms with Gasteiger partial charge in [0.1, 0.15) is 0 Å². The van der Waals surface area contributed by atoms with Gasteiger partial charge in [-0.3, -0.25) is 4.79 Å². The Bertz CT molecular complexity index is 253. The summed E-state index contributed by atoms with van der Waals surface area (Å²) in [6.07, 6.45) is 3.64. The van der Waals surface area contributed by atoms with E-state index in [9.17, 15) is 4.79 Å². The van der Waals surface area contributed by atoms with Gasteiger partial charge in [-0.1, -0.05) is 0 Å². The first-order valence-corrected chi connectivity index (χ1v) is 6.31. The Labute approximate surface area is 98.0 Å². The summed E-state index contributed by atoms with van der Waals surface area (Å²) in [7, 11) is 4.08. The fourth-order valence-electron chi connectivity index (χ4n) is 2.37. The van der Waals surface area contributed by atoms with Crippen molar-refractivity contribution in [1.82, 2.24) is 15.1 Å². The van der Waals surface area contributed by atoms with Gasteiger partial charge >= 0.3 is 0 Å². The normalized spacial score (nSPS) is 26.0. The Balaban J connectivity index is 1.58. The number of rotatable bonds is 5. The number of hydrogen-bond donors (Lipinski definition) is 1. The van der Waals surface area contributed by atoms with Gasteiger partial charge in [-0.15, -0.1) is 0 Å². The average Bonchev–Trinajstić information content (AvgIpc) is 3.02. The summed E-state index contributed by atoms with van der Waals surface area (Å²) in [5, 5.41) is 3.29. The predicted octanol–water partition coefficient (Wildman–Crippen LogP) is 0.149. The highest BCUT2D eigenvalue weighted by molar-refractivity contribution is 5.78. The summed E-state index contributed by atoms with van der Waals surface area (Å²) in [4.78, 5) is 16.0. The van der Waals surface area contributed by atoms with Gasteiger partial charge < -0.3 is 15.1 Å². The van der Waals surface area contributed by atoms with Crippen molar-refractivity contribution >= 4 is 5.91 Å². The zero-order chi connectivity index (χ0) is 11.5. The highest BCUT2D eigenvalue weighted by Crippen LogP contribution is 2.25. The van der Waals surface area contributed by atoms with Crippen LogP contribution >= 0.6 is 0 Å². The topological polar surface area (TPSA) is 35.6 Å². The number of carbonyl (C=O) groups excluding carboxylic acids is 1. The third-order valence-corrected chi connectivity index (χ3v) is 3.69. The number of amides is 1. The van der Waals surface area contributed by atoms with Crippen molar-refractivity contribution in [2.24, 2.45) is 5.92 Å². The Hall–Kier alpha value is -0.610. The Morgan fingerprint density at radius 1 is 1.44 bits per heavy atom. The first kappa shape index (κ1) is 11.9. The smallest absolute Gasteiger partial charge is 0.236 e. The molecule has 4 nitrogen and oxygen atoms in total. The van der Waals surface area contributed by atoms with Crippen LogP contribution < -0.4 is 5.32 Å². The van der Waals surface area contributed by atoms with E-state index >= 15 is 0 Å². The second-order valence-corrected chi connectivity index (χ2v) is 5.28. The van der Waals surface area contributed by atoms with E-state index in [0.717, 1.165) is 12.5 Å². The Morgan fingerprint density at radius 3 is 2.75 bits per heavy atom. The number of hydrogen-bond acceptors (Lipinski definition) is 3. The van der Waals surface area contributed by atoms with Crippen LogP contribution in [0.15, 0.2) is 0 Å². The third-order valence-electron chi connectivity index (χ3n) is 3.69. The quantitative estimate of drug-likeness (QED) is 0.723. The molecule has 0 spiro atoms. The maximum absolute atomic E-state index is 11.7. The van der Waals surface area contributed by atoms with E-state index in [2.05, 4.69) is 17.3 Å². The van der Waals surface area contributed by atoms with E-state index in [4.69, 9.17) is 0 Å². The minimum Gasteiger partial charge on any atom is -0.342 e. The summed E-state index contributed by atoms with van der Waals surface area (Å²) in [6, 6.07) is 0.534. The van der Waals surface area contributed by atoms with E-state index in [0.29, 0.717) is 12.6 Å². The van der Waals surface area contributed by atoms with Gasteiger partial charge in [-0.05, 0) is 45.3 Å². The molecule has 0 bridgehead atoms. The average molecular weight is 225 g/mol. The Morgan fingerprint density at radius 2 is 2.19 bits per heavy atom. The molecule has 2 rings (SSSR count). The van der Waals surface area contributed by atoms with Crippen LogP contribution in [0.1, 0.15) is 19.3 Å². The van der Waals surface area contributed by atoms with E-state index < -0.39 is 0 Å². The third kappa shape index (κ3) is 3.19. The number of nitrogens with zero attached hydrogens (tertiary/aromatic N) is 2. The number of nitrogens with one attached hydrogen (secondary N) is 1. The molecule has 0 aromatic heterocycles. The SMILES string of the molecule is CN1CCC(CNCC(=O)N(C)C2CC2)C1. The monoisotopic (exact) mass is 225 g/mol. The molecule has 1 N–H and O–H groups in total. The molecule has 4 heteroatoms. The molecular formula is C12H23N3O. The second kappa shape index (κ2) is 5.15. The molecule has 0 radical (unpaired) electrons. The van der Waals surface area contributed by atoms with E-state index in [-0.39, 0.29) is 5.91 Å². The molecule has 92 valence electrons. The van der Waals surface area contributed by atoms with Gasteiger partial charge in [-0.25, -0.2) is 0 Å². The minimum absolute atomic E-state index is 0.244. The van der Waals surface area contributed by atoms with Gasteiger partial charge in [0.15, 0.2) is 0 Å². The largest absolute Gasteiger partial charge is 0.342 e. The molecule has 1 amide bonds. The molecule has 1 saturated carbocycles. The van der Waals surface area contributed by atoms with E-state index in [1.165, 1.54) is 32.4 Å². The van der Waals surface area contributed by atoms with Crippen LogP contribution in [0.4, 0.5) is 0 Å². The zero-order valence-electron chi connectivity index (χ0n) is 10.4. The Kier molecular flexibility index (Phi) is 3.82. The van der Waals surface area contributed by atoms with Crippen LogP contribution in [-0.2, 0) is 4.79 Å². The van der Waals surface area contributed by atoms with Crippen LogP contribution in [0, 0.1) is 5.92 Å². The standard InChI is InChI=1S/C12H23N3O/c1-14-6-5-10(9-14)7-13-8-12(16)15(2)11-3-4-11/h10-11,13H,3-9H2,1-2H3. The lowest BCUT2D eigenvalue weighted by Crippen LogP contribution is -2.38. The summed E-state index contributed by atoms with van der Waals surface area (Å²) in [5.74, 6) is 0.970. The second-order valence-electron chi connectivity index (χ2n) is 5.28. The molecule has 1 heterocycles. The summed E-state index contributed by atoms with van der Waals surface area (Å²) in [5.41, 5.74) is 0. The van der Waals surface area contributed by atoms with Crippen molar-refractivity contribution in [3.63, 3.8) is 0 Å². The van der Waals surface area contributed by atoms with Crippen LogP contribution in [0.25, 0.3) is 0 Å². The summed E-state index contributed by atoms with van der Waals surface area (Å²) >= 11 is 0. The van der Waals surface area contributed by atoms with Gasteiger partial charge in [0.25, 0.3) is 0 Å². The minimum atomic E-state index is 0.244. The van der Waals surface area contributed by atoms with Crippen molar-refractivity contribution in [2.45, 2.75) is 25.3 Å². The number of carbonyl (C=O) groups is 1. The zero-order valence-corrected chi connectivity index (χ0v) is 10.4. The molecule has 1 aliphatic carbocycles. The molecule has 0 aromatic rings. The van der Waals surface area contributed by atoms with E-state index in [1.54, 1.807) is 0 Å². The molecule has 16 heavy (non-hydrogen) atoms. The van der Waals surface area contributed by atoms with E-state index in [1.807, 2.05) is 11.9 Å². The lowest BCUT2D eigenvalue weighted by atomic mass is 10.1. The predicted molar refractivity (Wildman–Crippen MR) is 64.3 cm³/mol. The van der Waals surface area contributed by atoms with Gasteiger partial charge in [0.05, 0.1) is 6.54 Å². The molecule has 1 atom stereocenters. The fraction of sp³-hybridized carbons (Fsp3) is 0.917. The van der Waals surface area contributed by atoms with Crippen LogP contribution in [0.5, 0.6) is 0 Å². The maximum Gasteiger partial charge on any atom is 0.236 e. The number of likely N-dealkylation sites (N-methyl/N-ethyl adjacent to an activating group) is 1. The maximum atomic E-state index is 11.7. The molecule has 2 fully saturated rings. The fourth-order valence-corrected chi connectivity index (χ4v) is 2.37. The molecule has 2 aliphatic rings. The highest BCUT2D eigenvalue weighted by Gasteiger charge is 2.29. The lowest BCUT2D eigenvalue weighted by Gasteiger charge is -2.17. The summed E-state index contributed by atoms with van der Waals surface area (Å²) in [6.45, 7) is 3.85. The molecule has 1 saturated heterocycles. The first-order valence-electron chi connectivity index (χ1n) is 6.31. The van der Waals surface area contributed by atoms with Crippen LogP contribution in [0.3, 0.4) is 0 Å². The molecular weight excluding hydrogens is 202 g/mol. The lowest BCUT2D eigenvalue weighted by molar-refractivity contribution is -0.129. The van der Waals surface area contributed by atoms with Gasteiger partial charge in [0, 0.05) is 19.6 Å². The van der Waals surface area contributed by atoms with Crippen LogP contribution in [0.2, 0.25) is 0 Å². The van der Waals surface area contributed by atoms with Gasteiger partial charge in [0.2, 0.25) is 5.91 Å². The van der Waals surface area contributed by atoms with Crippen molar-refractivity contribution in [3.8, 4) is 0 Å². The highest BCUT2D eigenvalue weighted by atomic mass is 16.2. The molecule has 1 aliphatic heterocycles. The summed E-state index contributed by atoms with van der Waals surface area (Å²) < 4.78 is 0. The van der Waals surface area contributed by atoms with Gasteiger partial charge in [-0.2, -0.15) is 0 Å². The number of likely N-dealkylation sites (tertiary alicyclic amines) is 1. The van der Waals surface area contributed by atoms with Crippen molar-refractivity contribution in [2.75, 3.05) is 40.3 Å².